The molecule has 24 heavy (non-hydrogen) atoms. The third-order valence-electron chi connectivity index (χ3n) is 4.95. The first-order valence-corrected chi connectivity index (χ1v) is 8.19. The molecule has 0 saturated carbocycles. The monoisotopic (exact) mass is 338 g/mol. The summed E-state index contributed by atoms with van der Waals surface area (Å²) >= 11 is 0. The number of carboxylic acids is 1. The number of hydrogen-bond donors (Lipinski definition) is 1. The molecule has 0 aliphatic carbocycles. The van der Waals surface area contributed by atoms with Gasteiger partial charge in [-0.1, -0.05) is 6.92 Å². The van der Waals surface area contributed by atoms with Crippen LogP contribution in [0.25, 0.3) is 0 Å². The molecular weight excluding hydrogens is 316 g/mol. The smallest absolute Gasteiger partial charge is 0.415 e. The van der Waals surface area contributed by atoms with E-state index in [0.717, 1.165) is 13.0 Å². The average molecular weight is 338 g/mol. The van der Waals surface area contributed by atoms with Crippen molar-refractivity contribution >= 4 is 11.8 Å². The molecule has 1 aromatic heterocycles. The SMILES string of the molecule is CC[C@H]1CC(C(=O)O)CCN1CC1(C)Cn2cc([N+](=O)[O-])nc2O1. The summed E-state index contributed by atoms with van der Waals surface area (Å²) < 4.78 is 7.55. The zero-order valence-electron chi connectivity index (χ0n) is 13.8. The van der Waals surface area contributed by atoms with E-state index in [0.29, 0.717) is 25.9 Å². The molecule has 2 aliphatic heterocycles. The number of imidazole rings is 1. The summed E-state index contributed by atoms with van der Waals surface area (Å²) in [6, 6.07) is 0.486. The first-order valence-electron chi connectivity index (χ1n) is 8.19. The molecule has 9 nitrogen and oxygen atoms in total. The van der Waals surface area contributed by atoms with Gasteiger partial charge in [0.15, 0.2) is 0 Å². The van der Waals surface area contributed by atoms with Gasteiger partial charge in [0.1, 0.15) is 11.8 Å². The number of carbonyl (C=O) groups is 1. The lowest BCUT2D eigenvalue weighted by Crippen LogP contribution is -2.52. The highest BCUT2D eigenvalue weighted by atomic mass is 16.6. The highest BCUT2D eigenvalue weighted by Crippen LogP contribution is 2.34. The molecule has 0 aromatic carbocycles. The van der Waals surface area contributed by atoms with Gasteiger partial charge in [-0.2, -0.15) is 0 Å². The van der Waals surface area contributed by atoms with Crippen molar-refractivity contribution in [3.63, 3.8) is 0 Å². The maximum atomic E-state index is 11.2. The van der Waals surface area contributed by atoms with Crippen molar-refractivity contribution in [1.29, 1.82) is 0 Å². The number of nitrogens with zero attached hydrogens (tertiary/aromatic N) is 4. The molecule has 3 atom stereocenters. The fraction of sp³-hybridized carbons (Fsp3) is 0.733. The van der Waals surface area contributed by atoms with Crippen LogP contribution in [0.3, 0.4) is 0 Å². The van der Waals surface area contributed by atoms with E-state index in [1.807, 2.05) is 6.92 Å². The largest absolute Gasteiger partial charge is 0.481 e. The summed E-state index contributed by atoms with van der Waals surface area (Å²) in [4.78, 5) is 27.6. The number of carboxylic acid groups (broad SMARTS) is 1. The second kappa shape index (κ2) is 6.04. The van der Waals surface area contributed by atoms with Crippen LogP contribution in [0, 0.1) is 16.0 Å². The van der Waals surface area contributed by atoms with Gasteiger partial charge in [0.2, 0.25) is 0 Å². The lowest BCUT2D eigenvalue weighted by Gasteiger charge is -2.41. The van der Waals surface area contributed by atoms with E-state index in [4.69, 9.17) is 4.74 Å². The second-order valence-corrected chi connectivity index (χ2v) is 6.91. The lowest BCUT2D eigenvalue weighted by atomic mass is 9.88. The highest BCUT2D eigenvalue weighted by Gasteiger charge is 2.43. The Morgan fingerprint density at radius 2 is 2.38 bits per heavy atom. The normalized spacial score (nSPS) is 29.9. The summed E-state index contributed by atoms with van der Waals surface area (Å²) in [7, 11) is 0. The third-order valence-corrected chi connectivity index (χ3v) is 4.95. The molecule has 2 aliphatic rings. The Morgan fingerprint density at radius 3 is 2.96 bits per heavy atom. The predicted octanol–water partition coefficient (Wildman–Crippen LogP) is 1.52. The summed E-state index contributed by atoms with van der Waals surface area (Å²) in [5.74, 6) is -1.20. The zero-order valence-corrected chi connectivity index (χ0v) is 13.8. The van der Waals surface area contributed by atoms with Crippen molar-refractivity contribution in [3.05, 3.63) is 16.3 Å². The molecule has 3 rings (SSSR count). The molecule has 1 saturated heterocycles. The standard InChI is InChI=1S/C15H22N4O5/c1-3-11-6-10(13(20)21)4-5-17(11)8-15(2)9-18-7-12(19(22)23)16-14(18)24-15/h7,10-11H,3-6,8-9H2,1-2H3,(H,20,21)/t10?,11-,15?/m0/s1. The van der Waals surface area contributed by atoms with E-state index in [1.54, 1.807) is 4.57 Å². The number of aromatic nitrogens is 2. The first kappa shape index (κ1) is 16.7. The van der Waals surface area contributed by atoms with E-state index in [-0.39, 0.29) is 23.8 Å². The van der Waals surface area contributed by atoms with Crippen LogP contribution < -0.4 is 4.74 Å². The Kier molecular flexibility index (Phi) is 4.20. The Bertz CT molecular complexity index is 635. The Hall–Kier alpha value is -2.16. The van der Waals surface area contributed by atoms with Crippen molar-refractivity contribution in [1.82, 2.24) is 14.5 Å². The Morgan fingerprint density at radius 1 is 1.62 bits per heavy atom. The molecule has 1 N–H and O–H groups in total. The van der Waals surface area contributed by atoms with E-state index in [9.17, 15) is 20.0 Å². The fourth-order valence-electron chi connectivity index (χ4n) is 3.75. The quantitative estimate of drug-likeness (QED) is 0.640. The molecule has 1 fully saturated rings. The van der Waals surface area contributed by atoms with Crippen molar-refractivity contribution in [3.8, 4) is 6.01 Å². The van der Waals surface area contributed by atoms with Gasteiger partial charge in [0.05, 0.1) is 12.5 Å². The Balaban J connectivity index is 1.66. The maximum Gasteiger partial charge on any atom is 0.415 e. The number of ether oxygens (including phenoxy) is 1. The number of aliphatic carboxylic acids is 1. The number of hydrogen-bond acceptors (Lipinski definition) is 6. The van der Waals surface area contributed by atoms with Gasteiger partial charge in [-0.3, -0.25) is 14.3 Å². The molecule has 0 amide bonds. The molecule has 0 spiro atoms. The molecular formula is C15H22N4O5. The summed E-state index contributed by atoms with van der Waals surface area (Å²) in [5, 5.41) is 20.0. The van der Waals surface area contributed by atoms with Crippen molar-refractivity contribution in [2.24, 2.45) is 5.92 Å². The predicted molar refractivity (Wildman–Crippen MR) is 83.9 cm³/mol. The van der Waals surface area contributed by atoms with Crippen LogP contribution in [-0.4, -0.2) is 55.2 Å². The summed E-state index contributed by atoms with van der Waals surface area (Å²) in [6.45, 7) is 5.89. The molecule has 9 heteroatoms. The van der Waals surface area contributed by atoms with Crippen LogP contribution in [0.1, 0.15) is 33.1 Å². The van der Waals surface area contributed by atoms with Gasteiger partial charge in [-0.25, -0.2) is 0 Å². The van der Waals surface area contributed by atoms with Gasteiger partial charge in [-0.05, 0) is 37.7 Å². The second-order valence-electron chi connectivity index (χ2n) is 6.91. The van der Waals surface area contributed by atoms with Crippen LogP contribution in [0.4, 0.5) is 5.82 Å². The topological polar surface area (TPSA) is 111 Å². The van der Waals surface area contributed by atoms with E-state index in [2.05, 4.69) is 16.8 Å². The fourth-order valence-corrected chi connectivity index (χ4v) is 3.75. The van der Waals surface area contributed by atoms with Crippen LogP contribution >= 0.6 is 0 Å². The minimum atomic E-state index is -0.719. The molecule has 132 valence electrons. The van der Waals surface area contributed by atoms with Crippen molar-refractivity contribution < 1.29 is 19.6 Å². The van der Waals surface area contributed by atoms with E-state index < -0.39 is 16.5 Å². The van der Waals surface area contributed by atoms with E-state index >= 15 is 0 Å². The van der Waals surface area contributed by atoms with Crippen molar-refractivity contribution in [2.75, 3.05) is 13.1 Å². The minimum absolute atomic E-state index is 0.208. The average Bonchev–Trinajstić information content (AvgIpc) is 3.02. The summed E-state index contributed by atoms with van der Waals surface area (Å²) in [6.07, 6.45) is 3.57. The van der Waals surface area contributed by atoms with E-state index in [1.165, 1.54) is 6.20 Å². The Labute approximate surface area is 139 Å². The van der Waals surface area contributed by atoms with Crippen molar-refractivity contribution in [2.45, 2.75) is 51.3 Å². The minimum Gasteiger partial charge on any atom is -0.481 e. The van der Waals surface area contributed by atoms with Gasteiger partial charge in [-0.15, -0.1) is 0 Å². The van der Waals surface area contributed by atoms with Crippen LogP contribution in [0.2, 0.25) is 0 Å². The molecule has 0 radical (unpaired) electrons. The molecule has 0 bridgehead atoms. The lowest BCUT2D eigenvalue weighted by molar-refractivity contribution is -0.389. The van der Waals surface area contributed by atoms with Gasteiger partial charge >= 0.3 is 17.8 Å². The molecule has 2 unspecified atom stereocenters. The number of likely N-dealkylation sites (tertiary alicyclic amines) is 1. The first-order chi connectivity index (χ1) is 11.3. The van der Waals surface area contributed by atoms with Crippen LogP contribution in [0.5, 0.6) is 6.01 Å². The number of nitro groups is 1. The highest BCUT2D eigenvalue weighted by molar-refractivity contribution is 5.70. The van der Waals surface area contributed by atoms with Crippen LogP contribution in [0.15, 0.2) is 6.20 Å². The number of piperidine rings is 1. The summed E-state index contributed by atoms with van der Waals surface area (Å²) in [5.41, 5.74) is -0.513. The van der Waals surface area contributed by atoms with Gasteiger partial charge in [0.25, 0.3) is 0 Å². The maximum absolute atomic E-state index is 11.2. The number of fused-ring (bicyclic) bond motifs is 1. The van der Waals surface area contributed by atoms with Gasteiger partial charge in [0, 0.05) is 17.6 Å². The molecule has 3 heterocycles. The van der Waals surface area contributed by atoms with Gasteiger partial charge < -0.3 is 20.0 Å². The molecule has 1 aromatic rings. The zero-order chi connectivity index (χ0) is 17.5. The van der Waals surface area contributed by atoms with Crippen LogP contribution in [-0.2, 0) is 11.3 Å². The third kappa shape index (κ3) is 3.08. The number of rotatable bonds is 5.